The highest BCUT2D eigenvalue weighted by atomic mass is 19.1. The Bertz CT molecular complexity index is 1130. The van der Waals surface area contributed by atoms with Gasteiger partial charge in [-0.3, -0.25) is 9.69 Å². The molecule has 2 aliphatic heterocycles. The first-order chi connectivity index (χ1) is 14.6. The predicted octanol–water partition coefficient (Wildman–Crippen LogP) is 4.21. The average Bonchev–Trinajstić information content (AvgIpc) is 2.78. The third-order valence-corrected chi connectivity index (χ3v) is 6.17. The second-order valence-corrected chi connectivity index (χ2v) is 7.91. The quantitative estimate of drug-likeness (QED) is 0.711. The first-order valence-electron chi connectivity index (χ1n) is 10.3. The molecular weight excluding hydrogens is 379 g/mol. The number of rotatable bonds is 4. The number of carbonyl (C=O) groups is 1. The van der Waals surface area contributed by atoms with Crippen molar-refractivity contribution in [1.82, 2.24) is 9.80 Å². The molecule has 5 rings (SSSR count). The molecule has 5 heteroatoms. The highest BCUT2D eigenvalue weighted by Gasteiger charge is 2.32. The van der Waals surface area contributed by atoms with E-state index in [-0.39, 0.29) is 11.7 Å². The molecule has 1 N–H and O–H groups in total. The van der Waals surface area contributed by atoms with Crippen LogP contribution in [-0.2, 0) is 0 Å². The second kappa shape index (κ2) is 7.67. The van der Waals surface area contributed by atoms with Gasteiger partial charge in [-0.15, -0.1) is 0 Å². The maximum atomic E-state index is 13.1. The summed E-state index contributed by atoms with van der Waals surface area (Å²) in [6.45, 7) is 2.79. The minimum absolute atomic E-state index is 0.119. The average molecular weight is 402 g/mol. The largest absolute Gasteiger partial charge is 0.369 e. The summed E-state index contributed by atoms with van der Waals surface area (Å²) in [5.74, 6) is -0.342. The fourth-order valence-electron chi connectivity index (χ4n) is 4.51. The number of amides is 1. The maximum absolute atomic E-state index is 13.1. The summed E-state index contributed by atoms with van der Waals surface area (Å²) in [5, 5.41) is 12.7. The number of halogens is 1. The topological polar surface area (TPSA) is 43.8 Å². The second-order valence-electron chi connectivity index (χ2n) is 7.91. The monoisotopic (exact) mass is 402 g/mol. The molecule has 0 saturated heterocycles. The number of hydrogen-bond donors (Lipinski definition) is 1. The normalized spacial score (nSPS) is 19.3. The van der Waals surface area contributed by atoms with Crippen molar-refractivity contribution < 1.29 is 14.3 Å². The smallest absolute Gasteiger partial charge is 0.256 e. The Morgan fingerprint density at radius 3 is 2.50 bits per heavy atom. The van der Waals surface area contributed by atoms with Crippen LogP contribution in [0.2, 0.25) is 0 Å². The molecule has 2 heterocycles. The molecule has 1 unspecified atom stereocenters. The van der Waals surface area contributed by atoms with Gasteiger partial charge in [0.25, 0.3) is 5.91 Å². The van der Waals surface area contributed by atoms with Crippen LogP contribution >= 0.6 is 0 Å². The van der Waals surface area contributed by atoms with Gasteiger partial charge in [0.05, 0.1) is 0 Å². The lowest BCUT2D eigenvalue weighted by Gasteiger charge is -2.36. The van der Waals surface area contributed by atoms with Crippen molar-refractivity contribution in [2.75, 3.05) is 26.2 Å². The summed E-state index contributed by atoms with van der Waals surface area (Å²) in [4.78, 5) is 16.9. The van der Waals surface area contributed by atoms with Crippen molar-refractivity contribution in [3.63, 3.8) is 0 Å². The molecule has 152 valence electrons. The molecule has 0 spiro atoms. The van der Waals surface area contributed by atoms with Crippen LogP contribution in [0.1, 0.15) is 34.1 Å². The Labute approximate surface area is 174 Å². The highest BCUT2D eigenvalue weighted by molar-refractivity contribution is 6.10. The van der Waals surface area contributed by atoms with Crippen LogP contribution < -0.4 is 0 Å². The van der Waals surface area contributed by atoms with Gasteiger partial charge in [-0.2, -0.15) is 0 Å². The molecule has 0 bridgehead atoms. The SMILES string of the molecule is O=C1c2cccc3cccc(c23)C(O)N1CCN1CC=C(c2ccc(F)cc2)CC1. The van der Waals surface area contributed by atoms with E-state index in [4.69, 9.17) is 0 Å². The van der Waals surface area contributed by atoms with E-state index in [1.54, 1.807) is 4.90 Å². The summed E-state index contributed by atoms with van der Waals surface area (Å²) in [6.07, 6.45) is 2.12. The van der Waals surface area contributed by atoms with Gasteiger partial charge in [-0.05, 0) is 41.1 Å². The Hall–Kier alpha value is -3.02. The van der Waals surface area contributed by atoms with E-state index in [9.17, 15) is 14.3 Å². The highest BCUT2D eigenvalue weighted by Crippen LogP contribution is 2.35. The van der Waals surface area contributed by atoms with Gasteiger partial charge in [0.15, 0.2) is 6.23 Å². The molecular formula is C25H23FN2O2. The molecule has 30 heavy (non-hydrogen) atoms. The van der Waals surface area contributed by atoms with Gasteiger partial charge < -0.3 is 10.0 Å². The van der Waals surface area contributed by atoms with Crippen molar-refractivity contribution in [3.8, 4) is 0 Å². The molecule has 2 aliphatic rings. The number of nitrogens with zero attached hydrogens (tertiary/aromatic N) is 2. The van der Waals surface area contributed by atoms with E-state index in [1.807, 2.05) is 48.5 Å². The molecule has 0 saturated carbocycles. The number of aliphatic hydroxyl groups excluding tert-OH is 1. The fraction of sp³-hybridized carbons (Fsp3) is 0.240. The van der Waals surface area contributed by atoms with Crippen LogP contribution in [0.3, 0.4) is 0 Å². The Morgan fingerprint density at radius 1 is 1.00 bits per heavy atom. The van der Waals surface area contributed by atoms with E-state index in [0.29, 0.717) is 18.7 Å². The van der Waals surface area contributed by atoms with Crippen molar-refractivity contribution in [1.29, 1.82) is 0 Å². The number of hydrogen-bond acceptors (Lipinski definition) is 3. The van der Waals surface area contributed by atoms with Gasteiger partial charge in [0.2, 0.25) is 0 Å². The zero-order chi connectivity index (χ0) is 20.7. The Balaban J connectivity index is 1.28. The van der Waals surface area contributed by atoms with Gasteiger partial charge in [-0.1, -0.05) is 48.5 Å². The van der Waals surface area contributed by atoms with Gasteiger partial charge in [0.1, 0.15) is 5.82 Å². The van der Waals surface area contributed by atoms with E-state index >= 15 is 0 Å². The lowest BCUT2D eigenvalue weighted by Crippen LogP contribution is -2.43. The first kappa shape index (κ1) is 19.0. The minimum Gasteiger partial charge on any atom is -0.369 e. The summed E-state index contributed by atoms with van der Waals surface area (Å²) < 4.78 is 13.1. The Kier molecular flexibility index (Phi) is 4.85. The van der Waals surface area contributed by atoms with Crippen LogP contribution in [0.25, 0.3) is 16.3 Å². The van der Waals surface area contributed by atoms with E-state index in [2.05, 4.69) is 11.0 Å². The summed E-state index contributed by atoms with van der Waals surface area (Å²) in [6, 6.07) is 18.1. The van der Waals surface area contributed by atoms with Crippen molar-refractivity contribution >= 4 is 22.3 Å². The number of carbonyl (C=O) groups excluding carboxylic acids is 1. The van der Waals surface area contributed by atoms with Gasteiger partial charge >= 0.3 is 0 Å². The molecule has 4 nitrogen and oxygen atoms in total. The van der Waals surface area contributed by atoms with E-state index < -0.39 is 6.23 Å². The first-order valence-corrected chi connectivity index (χ1v) is 10.3. The van der Waals surface area contributed by atoms with Crippen LogP contribution in [0.15, 0.2) is 66.7 Å². The molecule has 3 aromatic rings. The lowest BCUT2D eigenvalue weighted by atomic mass is 9.93. The molecule has 1 atom stereocenters. The summed E-state index contributed by atoms with van der Waals surface area (Å²) >= 11 is 0. The molecule has 3 aromatic carbocycles. The van der Waals surface area contributed by atoms with Crippen molar-refractivity contribution in [3.05, 3.63) is 89.2 Å². The molecule has 0 radical (unpaired) electrons. The summed E-state index contributed by atoms with van der Waals surface area (Å²) in [7, 11) is 0. The fourth-order valence-corrected chi connectivity index (χ4v) is 4.51. The predicted molar refractivity (Wildman–Crippen MR) is 115 cm³/mol. The van der Waals surface area contributed by atoms with Crippen molar-refractivity contribution in [2.45, 2.75) is 12.6 Å². The zero-order valence-electron chi connectivity index (χ0n) is 16.6. The van der Waals surface area contributed by atoms with Crippen molar-refractivity contribution in [2.24, 2.45) is 0 Å². The van der Waals surface area contributed by atoms with E-state index in [0.717, 1.165) is 41.4 Å². The zero-order valence-corrected chi connectivity index (χ0v) is 16.6. The standard InChI is InChI=1S/C25H23FN2O2/c26-20-9-7-17(8-10-20)18-11-13-27(14-12-18)15-16-28-24(29)21-5-1-3-19-4-2-6-22(23(19)21)25(28)30/h1-11,24,29H,12-16H2. The Morgan fingerprint density at radius 2 is 1.77 bits per heavy atom. The van der Waals surface area contributed by atoms with Crippen LogP contribution in [0.4, 0.5) is 4.39 Å². The molecule has 0 fully saturated rings. The summed E-state index contributed by atoms with van der Waals surface area (Å²) in [5.41, 5.74) is 3.73. The third-order valence-electron chi connectivity index (χ3n) is 6.17. The van der Waals surface area contributed by atoms with E-state index in [1.165, 1.54) is 17.7 Å². The number of benzene rings is 3. The van der Waals surface area contributed by atoms with Crippen LogP contribution in [0.5, 0.6) is 0 Å². The van der Waals surface area contributed by atoms with Crippen LogP contribution in [0, 0.1) is 5.82 Å². The molecule has 1 amide bonds. The molecule has 0 aliphatic carbocycles. The third kappa shape index (κ3) is 3.30. The maximum Gasteiger partial charge on any atom is 0.256 e. The minimum atomic E-state index is -0.925. The molecule has 0 aromatic heterocycles. The lowest BCUT2D eigenvalue weighted by molar-refractivity contribution is 0.00153. The van der Waals surface area contributed by atoms with Crippen LogP contribution in [-0.4, -0.2) is 47.0 Å². The van der Waals surface area contributed by atoms with Gasteiger partial charge in [0, 0.05) is 42.7 Å². The van der Waals surface area contributed by atoms with Gasteiger partial charge in [-0.25, -0.2) is 4.39 Å². The number of aliphatic hydroxyl groups is 1.